The van der Waals surface area contributed by atoms with Crippen LogP contribution in [0.5, 0.6) is 5.75 Å². The molecule has 0 spiro atoms. The van der Waals surface area contributed by atoms with Crippen LogP contribution in [0.4, 0.5) is 5.69 Å². The highest BCUT2D eigenvalue weighted by molar-refractivity contribution is 5.94. The van der Waals surface area contributed by atoms with E-state index in [0.717, 1.165) is 43.2 Å². The van der Waals surface area contributed by atoms with Crippen molar-refractivity contribution in [3.05, 3.63) is 95.1 Å². The van der Waals surface area contributed by atoms with Crippen LogP contribution < -0.4 is 15.1 Å². The van der Waals surface area contributed by atoms with Gasteiger partial charge in [-0.05, 0) is 58.5 Å². The summed E-state index contributed by atoms with van der Waals surface area (Å²) in [6, 6.07) is 23.7. The molecule has 0 atom stereocenters. The van der Waals surface area contributed by atoms with E-state index >= 15 is 0 Å². The zero-order chi connectivity index (χ0) is 24.7. The Labute approximate surface area is 207 Å². The number of morpholine rings is 1. The van der Waals surface area contributed by atoms with Gasteiger partial charge in [0, 0.05) is 24.3 Å². The third-order valence-electron chi connectivity index (χ3n) is 5.99. The summed E-state index contributed by atoms with van der Waals surface area (Å²) in [5.74, 6) is 0.573. The Bertz CT molecular complexity index is 1130. The molecule has 4 rings (SSSR count). The summed E-state index contributed by atoms with van der Waals surface area (Å²) in [6.45, 7) is 10.3. The van der Waals surface area contributed by atoms with E-state index in [1.165, 1.54) is 11.3 Å². The molecule has 0 aliphatic carbocycles. The van der Waals surface area contributed by atoms with E-state index in [9.17, 15) is 4.79 Å². The first-order valence-corrected chi connectivity index (χ1v) is 12.0. The number of carbonyl (C=O) groups is 1. The average molecular weight is 472 g/mol. The van der Waals surface area contributed by atoms with Gasteiger partial charge in [0.25, 0.3) is 5.91 Å². The number of rotatable bonds is 7. The van der Waals surface area contributed by atoms with Crippen LogP contribution in [0.15, 0.2) is 77.9 Å². The zero-order valence-corrected chi connectivity index (χ0v) is 20.7. The molecule has 182 valence electrons. The molecule has 1 heterocycles. The van der Waals surface area contributed by atoms with Crippen molar-refractivity contribution >= 4 is 17.8 Å². The Hall–Kier alpha value is -3.64. The van der Waals surface area contributed by atoms with Gasteiger partial charge in [-0.1, -0.05) is 57.2 Å². The van der Waals surface area contributed by atoms with Crippen molar-refractivity contribution in [1.29, 1.82) is 0 Å². The molecule has 35 heavy (non-hydrogen) atoms. The first kappa shape index (κ1) is 24.5. The van der Waals surface area contributed by atoms with Gasteiger partial charge >= 0.3 is 0 Å². The van der Waals surface area contributed by atoms with E-state index in [1.54, 1.807) is 18.3 Å². The highest BCUT2D eigenvalue weighted by Crippen LogP contribution is 2.24. The SMILES string of the molecule is CC(C)(C)c1ccc(OCc2ccc(C(=O)N/N=C/c3ccc(N4CCOCC4)cc3)cc2)cc1. The van der Waals surface area contributed by atoms with E-state index in [1.807, 2.05) is 36.4 Å². The Morgan fingerprint density at radius 2 is 1.63 bits per heavy atom. The Balaban J connectivity index is 1.25. The molecule has 0 aromatic heterocycles. The van der Waals surface area contributed by atoms with Crippen molar-refractivity contribution in [2.45, 2.75) is 32.8 Å². The highest BCUT2D eigenvalue weighted by Gasteiger charge is 2.13. The molecule has 1 fully saturated rings. The summed E-state index contributed by atoms with van der Waals surface area (Å²) < 4.78 is 11.3. The number of nitrogens with zero attached hydrogens (tertiary/aromatic N) is 2. The molecule has 1 amide bonds. The van der Waals surface area contributed by atoms with E-state index in [4.69, 9.17) is 9.47 Å². The van der Waals surface area contributed by atoms with Gasteiger partial charge < -0.3 is 14.4 Å². The van der Waals surface area contributed by atoms with Gasteiger partial charge in [-0.25, -0.2) is 5.43 Å². The molecule has 0 radical (unpaired) electrons. The Morgan fingerprint density at radius 1 is 0.971 bits per heavy atom. The topological polar surface area (TPSA) is 63.2 Å². The van der Waals surface area contributed by atoms with E-state index < -0.39 is 0 Å². The number of anilines is 1. The van der Waals surface area contributed by atoms with Crippen LogP contribution in [0.3, 0.4) is 0 Å². The first-order valence-electron chi connectivity index (χ1n) is 12.0. The molecule has 6 nitrogen and oxygen atoms in total. The third kappa shape index (κ3) is 6.93. The minimum atomic E-state index is -0.253. The second-order valence-corrected chi connectivity index (χ2v) is 9.65. The second-order valence-electron chi connectivity index (χ2n) is 9.65. The van der Waals surface area contributed by atoms with Gasteiger partial charge in [0.15, 0.2) is 0 Å². The highest BCUT2D eigenvalue weighted by atomic mass is 16.5. The van der Waals surface area contributed by atoms with Crippen LogP contribution in [-0.4, -0.2) is 38.4 Å². The molecule has 1 aliphatic rings. The normalized spacial score (nSPS) is 14.2. The number of carbonyl (C=O) groups excluding carboxylic acids is 1. The maximum atomic E-state index is 12.4. The quantitative estimate of drug-likeness (QED) is 0.382. The van der Waals surface area contributed by atoms with Gasteiger partial charge in [0.2, 0.25) is 0 Å². The van der Waals surface area contributed by atoms with E-state index in [2.05, 4.69) is 60.5 Å². The molecule has 0 saturated carbocycles. The van der Waals surface area contributed by atoms with Gasteiger partial charge in [-0.2, -0.15) is 5.10 Å². The molecular formula is C29H33N3O3. The summed E-state index contributed by atoms with van der Waals surface area (Å²) in [4.78, 5) is 14.7. The Kier molecular flexibility index (Phi) is 7.83. The van der Waals surface area contributed by atoms with E-state index in [-0.39, 0.29) is 11.3 Å². The summed E-state index contributed by atoms with van der Waals surface area (Å²) in [7, 11) is 0. The summed E-state index contributed by atoms with van der Waals surface area (Å²) in [5, 5.41) is 4.10. The lowest BCUT2D eigenvalue weighted by atomic mass is 9.87. The van der Waals surface area contributed by atoms with Crippen molar-refractivity contribution < 1.29 is 14.3 Å². The number of hydrogen-bond acceptors (Lipinski definition) is 5. The third-order valence-corrected chi connectivity index (χ3v) is 5.99. The minimum Gasteiger partial charge on any atom is -0.489 e. The van der Waals surface area contributed by atoms with Crippen molar-refractivity contribution in [2.24, 2.45) is 5.10 Å². The predicted molar refractivity (Wildman–Crippen MR) is 140 cm³/mol. The molecule has 0 bridgehead atoms. The lowest BCUT2D eigenvalue weighted by Crippen LogP contribution is -2.36. The molecule has 1 saturated heterocycles. The molecular weight excluding hydrogens is 438 g/mol. The van der Waals surface area contributed by atoms with Gasteiger partial charge in [0.05, 0.1) is 19.4 Å². The van der Waals surface area contributed by atoms with Crippen molar-refractivity contribution in [3.8, 4) is 5.75 Å². The maximum absolute atomic E-state index is 12.4. The molecule has 1 aliphatic heterocycles. The number of hydrazone groups is 1. The molecule has 0 unspecified atom stereocenters. The monoisotopic (exact) mass is 471 g/mol. The van der Waals surface area contributed by atoms with Crippen LogP contribution in [0.1, 0.15) is 47.8 Å². The largest absolute Gasteiger partial charge is 0.489 e. The van der Waals surface area contributed by atoms with Crippen molar-refractivity contribution in [1.82, 2.24) is 5.43 Å². The second kappa shape index (κ2) is 11.2. The van der Waals surface area contributed by atoms with Gasteiger partial charge in [-0.3, -0.25) is 4.79 Å². The van der Waals surface area contributed by atoms with Crippen molar-refractivity contribution in [2.75, 3.05) is 31.2 Å². The predicted octanol–water partition coefficient (Wildman–Crippen LogP) is 5.16. The maximum Gasteiger partial charge on any atom is 0.271 e. The van der Waals surface area contributed by atoms with Crippen molar-refractivity contribution in [3.63, 3.8) is 0 Å². The molecule has 6 heteroatoms. The summed E-state index contributed by atoms with van der Waals surface area (Å²) in [5.41, 5.74) is 7.61. The van der Waals surface area contributed by atoms with Crippen LogP contribution in [0.2, 0.25) is 0 Å². The summed E-state index contributed by atoms with van der Waals surface area (Å²) >= 11 is 0. The van der Waals surface area contributed by atoms with Crippen LogP contribution in [-0.2, 0) is 16.8 Å². The fourth-order valence-electron chi connectivity index (χ4n) is 3.79. The number of ether oxygens (including phenoxy) is 2. The fraction of sp³-hybridized carbons (Fsp3) is 0.310. The number of hydrogen-bond donors (Lipinski definition) is 1. The van der Waals surface area contributed by atoms with Crippen LogP contribution >= 0.6 is 0 Å². The first-order chi connectivity index (χ1) is 16.9. The lowest BCUT2D eigenvalue weighted by molar-refractivity contribution is 0.0955. The van der Waals surface area contributed by atoms with Crippen LogP contribution in [0.25, 0.3) is 0 Å². The van der Waals surface area contributed by atoms with Gasteiger partial charge in [0.1, 0.15) is 12.4 Å². The van der Waals surface area contributed by atoms with E-state index in [0.29, 0.717) is 12.2 Å². The zero-order valence-electron chi connectivity index (χ0n) is 20.7. The van der Waals surface area contributed by atoms with Crippen LogP contribution in [0, 0.1) is 0 Å². The minimum absolute atomic E-state index is 0.118. The lowest BCUT2D eigenvalue weighted by Gasteiger charge is -2.28. The standard InChI is InChI=1S/C29H33N3O3/c1-29(2,3)25-10-14-27(15-11-25)35-21-23-4-8-24(9-5-23)28(33)31-30-20-22-6-12-26(13-7-22)32-16-18-34-19-17-32/h4-15,20H,16-19,21H2,1-3H3,(H,31,33)/b30-20+. The molecule has 3 aromatic rings. The molecule has 3 aromatic carbocycles. The fourth-order valence-corrected chi connectivity index (χ4v) is 3.79. The number of amides is 1. The summed E-state index contributed by atoms with van der Waals surface area (Å²) in [6.07, 6.45) is 1.65. The number of benzene rings is 3. The molecule has 1 N–H and O–H groups in total. The Morgan fingerprint density at radius 3 is 2.26 bits per heavy atom. The smallest absolute Gasteiger partial charge is 0.271 e. The average Bonchev–Trinajstić information content (AvgIpc) is 2.88. The number of nitrogens with one attached hydrogen (secondary N) is 1. The van der Waals surface area contributed by atoms with Gasteiger partial charge in [-0.15, -0.1) is 0 Å².